The van der Waals surface area contributed by atoms with Crippen LogP contribution < -0.4 is 4.74 Å². The molecule has 182 valence electrons. The highest BCUT2D eigenvalue weighted by molar-refractivity contribution is 6.31. The number of ketones is 2. The summed E-state index contributed by atoms with van der Waals surface area (Å²) in [5.41, 5.74) is 1.71. The summed E-state index contributed by atoms with van der Waals surface area (Å²) in [5.74, 6) is -1.39. The summed E-state index contributed by atoms with van der Waals surface area (Å²) < 4.78 is 5.35. The van der Waals surface area contributed by atoms with Crippen molar-refractivity contribution >= 4 is 17.3 Å². The maximum Gasteiger partial charge on any atom is 0.202 e. The predicted octanol–water partition coefficient (Wildman–Crippen LogP) is 3.95. The molecule has 2 unspecified atom stereocenters. The smallest absolute Gasteiger partial charge is 0.202 e. The number of methoxy groups -OCH3 is 1. The van der Waals surface area contributed by atoms with Crippen LogP contribution in [0.3, 0.4) is 0 Å². The minimum absolute atomic E-state index is 0.0819. The summed E-state index contributed by atoms with van der Waals surface area (Å²) >= 11 is 0. The van der Waals surface area contributed by atoms with Crippen LogP contribution in [0.5, 0.6) is 17.2 Å². The Morgan fingerprint density at radius 3 is 2.53 bits per heavy atom. The fourth-order valence-corrected chi connectivity index (χ4v) is 6.16. The van der Waals surface area contributed by atoms with Crippen LogP contribution in [0.4, 0.5) is 0 Å². The normalized spacial score (nSPS) is 22.6. The number of aromatic nitrogens is 1. The van der Waals surface area contributed by atoms with E-state index in [1.165, 1.54) is 13.2 Å². The highest BCUT2D eigenvalue weighted by atomic mass is 16.5. The standard InChI is InChI=1S/C28H25N3O5/c1-28-9-6-16-20(17(12-19(28)29)31(28)13-14-7-10-30-11-8-14)26(34)23-22(25(16)33)24(32)15-4-3-5-18(36-2)21(15)27(23)35/h3-5,7-8,10-11,17,29,33-34H,6,9,12-13H2,1-2H3. The van der Waals surface area contributed by atoms with Gasteiger partial charge in [-0.1, -0.05) is 12.1 Å². The Bertz CT molecular complexity index is 1480. The summed E-state index contributed by atoms with van der Waals surface area (Å²) in [4.78, 5) is 33.5. The van der Waals surface area contributed by atoms with Crippen molar-refractivity contribution < 1.29 is 24.5 Å². The number of phenols is 2. The van der Waals surface area contributed by atoms with Crippen LogP contribution in [-0.4, -0.2) is 50.0 Å². The molecule has 3 heterocycles. The molecule has 3 aromatic rings. The number of nitrogens with one attached hydrogen (secondary N) is 1. The first-order valence-electron chi connectivity index (χ1n) is 11.9. The summed E-state index contributed by atoms with van der Waals surface area (Å²) in [6, 6.07) is 8.13. The lowest BCUT2D eigenvalue weighted by Crippen LogP contribution is -2.45. The van der Waals surface area contributed by atoms with Gasteiger partial charge in [-0.05, 0) is 43.5 Å². The first-order chi connectivity index (χ1) is 17.3. The average molecular weight is 484 g/mol. The minimum atomic E-state index is -0.605. The van der Waals surface area contributed by atoms with Crippen molar-refractivity contribution in [2.45, 2.75) is 44.3 Å². The molecule has 2 atom stereocenters. The SMILES string of the molecule is COc1cccc2c1C(=O)c1c(O)c3c(c(O)c1C2=O)CCC1(C)C(=N)CC3N1Cc1ccncc1. The van der Waals surface area contributed by atoms with Crippen molar-refractivity contribution in [1.29, 1.82) is 5.41 Å². The van der Waals surface area contributed by atoms with Gasteiger partial charge in [-0.15, -0.1) is 0 Å². The van der Waals surface area contributed by atoms with E-state index >= 15 is 0 Å². The lowest BCUT2D eigenvalue weighted by atomic mass is 9.77. The molecule has 2 aromatic carbocycles. The van der Waals surface area contributed by atoms with Gasteiger partial charge >= 0.3 is 0 Å². The summed E-state index contributed by atoms with van der Waals surface area (Å²) in [7, 11) is 1.42. The van der Waals surface area contributed by atoms with E-state index in [1.807, 2.05) is 19.1 Å². The number of ether oxygens (including phenoxy) is 1. The van der Waals surface area contributed by atoms with Crippen LogP contribution >= 0.6 is 0 Å². The molecular formula is C28H25N3O5. The van der Waals surface area contributed by atoms with Crippen LogP contribution in [0.1, 0.15) is 74.3 Å². The topological polar surface area (TPSA) is 124 Å². The van der Waals surface area contributed by atoms with Crippen LogP contribution in [0.25, 0.3) is 0 Å². The van der Waals surface area contributed by atoms with Gasteiger partial charge in [0.2, 0.25) is 5.78 Å². The molecule has 1 fully saturated rings. The molecule has 1 aromatic heterocycles. The van der Waals surface area contributed by atoms with E-state index in [-0.39, 0.29) is 39.5 Å². The van der Waals surface area contributed by atoms with Crippen molar-refractivity contribution in [1.82, 2.24) is 9.88 Å². The van der Waals surface area contributed by atoms with Crippen LogP contribution in [-0.2, 0) is 13.0 Å². The van der Waals surface area contributed by atoms with Crippen molar-refractivity contribution in [3.63, 3.8) is 0 Å². The predicted molar refractivity (Wildman–Crippen MR) is 131 cm³/mol. The van der Waals surface area contributed by atoms with Gasteiger partial charge < -0.3 is 20.4 Å². The number of aromatic hydroxyl groups is 2. The molecule has 0 amide bonds. The molecule has 8 heteroatoms. The fourth-order valence-electron chi connectivity index (χ4n) is 6.16. The number of rotatable bonds is 3. The van der Waals surface area contributed by atoms with E-state index in [9.17, 15) is 19.8 Å². The second-order valence-electron chi connectivity index (χ2n) is 9.84. The number of hydrogen-bond donors (Lipinski definition) is 3. The Morgan fingerprint density at radius 1 is 1.08 bits per heavy atom. The van der Waals surface area contributed by atoms with Crippen molar-refractivity contribution in [2.75, 3.05) is 7.11 Å². The second-order valence-corrected chi connectivity index (χ2v) is 9.84. The van der Waals surface area contributed by atoms with Crippen LogP contribution in [0, 0.1) is 5.41 Å². The Labute approximate surface area is 207 Å². The molecule has 0 radical (unpaired) electrons. The number of phenolic OH excluding ortho intramolecular Hbond substituents is 2. The third-order valence-electron chi connectivity index (χ3n) is 8.12. The lowest BCUT2D eigenvalue weighted by Gasteiger charge is -2.37. The van der Waals surface area contributed by atoms with Gasteiger partial charge in [0.1, 0.15) is 17.2 Å². The molecule has 6 rings (SSSR count). The monoisotopic (exact) mass is 483 g/mol. The molecule has 1 saturated heterocycles. The number of hydrogen-bond acceptors (Lipinski definition) is 8. The number of benzene rings is 2. The first kappa shape index (κ1) is 22.4. The molecule has 1 aliphatic carbocycles. The van der Waals surface area contributed by atoms with Gasteiger partial charge in [0.15, 0.2) is 5.78 Å². The highest BCUT2D eigenvalue weighted by Gasteiger charge is 2.52. The molecule has 36 heavy (non-hydrogen) atoms. The van der Waals surface area contributed by atoms with E-state index in [0.29, 0.717) is 42.6 Å². The van der Waals surface area contributed by atoms with E-state index in [1.54, 1.807) is 24.5 Å². The second kappa shape index (κ2) is 7.73. The van der Waals surface area contributed by atoms with E-state index in [2.05, 4.69) is 9.88 Å². The Kier molecular flexibility index (Phi) is 4.82. The lowest BCUT2D eigenvalue weighted by molar-refractivity contribution is 0.0970. The van der Waals surface area contributed by atoms with Crippen LogP contribution in [0.15, 0.2) is 42.7 Å². The summed E-state index contributed by atoms with van der Waals surface area (Å²) in [6.45, 7) is 2.51. The van der Waals surface area contributed by atoms with Gasteiger partial charge in [-0.3, -0.25) is 19.5 Å². The summed E-state index contributed by atoms with van der Waals surface area (Å²) in [6.07, 6.45) is 4.66. The molecular weight excluding hydrogens is 458 g/mol. The zero-order valence-corrected chi connectivity index (χ0v) is 20.0. The average Bonchev–Trinajstić information content (AvgIpc) is 3.03. The highest BCUT2D eigenvalue weighted by Crippen LogP contribution is 2.55. The zero-order chi connectivity index (χ0) is 25.4. The van der Waals surface area contributed by atoms with Crippen molar-refractivity contribution in [3.05, 3.63) is 81.7 Å². The number of carbonyl (C=O) groups excluding carboxylic acids is 2. The Hall–Kier alpha value is -4.04. The number of carbonyl (C=O) groups is 2. The molecule has 3 N–H and O–H groups in total. The number of nitrogens with zero attached hydrogens (tertiary/aromatic N) is 2. The fraction of sp³-hybridized carbons (Fsp3) is 0.286. The maximum absolute atomic E-state index is 13.7. The number of fused-ring (bicyclic) bond motifs is 6. The summed E-state index contributed by atoms with van der Waals surface area (Å²) in [5, 5.41) is 31.9. The first-order valence-corrected chi connectivity index (χ1v) is 11.9. The molecule has 8 nitrogen and oxygen atoms in total. The maximum atomic E-state index is 13.7. The van der Waals surface area contributed by atoms with Crippen molar-refractivity contribution in [3.8, 4) is 17.2 Å². The minimum Gasteiger partial charge on any atom is -0.507 e. The largest absolute Gasteiger partial charge is 0.507 e. The van der Waals surface area contributed by atoms with E-state index in [0.717, 1.165) is 5.56 Å². The quantitative estimate of drug-likeness (QED) is 0.377. The van der Waals surface area contributed by atoms with E-state index in [4.69, 9.17) is 10.1 Å². The Morgan fingerprint density at radius 2 is 1.81 bits per heavy atom. The molecule has 2 aliphatic heterocycles. The van der Waals surface area contributed by atoms with E-state index < -0.39 is 23.1 Å². The van der Waals surface area contributed by atoms with Gasteiger partial charge in [0.05, 0.1) is 29.3 Å². The zero-order valence-electron chi connectivity index (χ0n) is 20.0. The molecule has 2 bridgehead atoms. The molecule has 3 aliphatic rings. The number of pyridine rings is 1. The molecule has 0 saturated carbocycles. The van der Waals surface area contributed by atoms with Gasteiger partial charge in [0, 0.05) is 53.8 Å². The third kappa shape index (κ3) is 2.85. The van der Waals surface area contributed by atoms with Crippen LogP contribution in [0.2, 0.25) is 0 Å². The molecule has 0 spiro atoms. The van der Waals surface area contributed by atoms with Gasteiger partial charge in [-0.2, -0.15) is 0 Å². The Balaban J connectivity index is 1.58. The third-order valence-corrected chi connectivity index (χ3v) is 8.12. The van der Waals surface area contributed by atoms with Gasteiger partial charge in [0.25, 0.3) is 0 Å². The van der Waals surface area contributed by atoms with Crippen molar-refractivity contribution in [2.24, 2.45) is 0 Å². The van der Waals surface area contributed by atoms with Gasteiger partial charge in [-0.25, -0.2) is 0 Å².